The summed E-state index contributed by atoms with van der Waals surface area (Å²) in [5.74, 6) is 1.84. The lowest BCUT2D eigenvalue weighted by atomic mass is 9.59. The van der Waals surface area contributed by atoms with E-state index in [0.29, 0.717) is 18.1 Å². The number of rotatable bonds is 4. The van der Waals surface area contributed by atoms with Gasteiger partial charge in [0.2, 0.25) is 0 Å². The molecule has 2 fully saturated rings. The number of Topliss-reactive ketones (excluding diaryl/α,β-unsaturated/α-hetero) is 1. The van der Waals surface area contributed by atoms with Crippen LogP contribution in [0.3, 0.4) is 0 Å². The molecule has 0 spiro atoms. The molecule has 1 heterocycles. The Kier molecular flexibility index (Phi) is 4.82. The number of carbonyl (C=O) groups excluding carboxylic acids is 1. The number of benzene rings is 2. The summed E-state index contributed by atoms with van der Waals surface area (Å²) >= 11 is 0. The van der Waals surface area contributed by atoms with Crippen LogP contribution in [-0.4, -0.2) is 30.9 Å². The van der Waals surface area contributed by atoms with Gasteiger partial charge in [-0.15, -0.1) is 0 Å². The van der Waals surface area contributed by atoms with Crippen LogP contribution in [0.5, 0.6) is 5.75 Å². The smallest absolute Gasteiger partial charge is 0.133 e. The predicted molar refractivity (Wildman–Crippen MR) is 103 cm³/mol. The minimum atomic E-state index is -0.0168. The monoisotopic (exact) mass is 349 g/mol. The molecule has 1 aliphatic heterocycles. The molecule has 3 nitrogen and oxygen atoms in total. The summed E-state index contributed by atoms with van der Waals surface area (Å²) in [5.41, 5.74) is 2.64. The molecule has 2 aromatic carbocycles. The van der Waals surface area contributed by atoms with Crippen molar-refractivity contribution >= 4 is 5.78 Å². The molecule has 0 radical (unpaired) electrons. The fraction of sp³-hybridized carbons (Fsp3) is 0.435. The lowest BCUT2D eigenvalue weighted by Gasteiger charge is -2.50. The third-order valence-electron chi connectivity index (χ3n) is 6.31. The van der Waals surface area contributed by atoms with Gasteiger partial charge < -0.3 is 4.74 Å². The van der Waals surface area contributed by atoms with Crippen LogP contribution in [0.2, 0.25) is 0 Å². The Hall–Kier alpha value is -2.13. The minimum absolute atomic E-state index is 0.0168. The fourth-order valence-electron chi connectivity index (χ4n) is 4.92. The van der Waals surface area contributed by atoms with Gasteiger partial charge in [-0.25, -0.2) is 0 Å². The maximum Gasteiger partial charge on any atom is 0.133 e. The molecule has 2 aromatic rings. The SMILES string of the molecule is COc1cccc(C23CCN(Cc4ccccc4)CC2CCC(=O)C3)c1. The van der Waals surface area contributed by atoms with E-state index < -0.39 is 0 Å². The van der Waals surface area contributed by atoms with Crippen LogP contribution in [0.4, 0.5) is 0 Å². The van der Waals surface area contributed by atoms with Crippen molar-refractivity contribution < 1.29 is 9.53 Å². The third-order valence-corrected chi connectivity index (χ3v) is 6.31. The first kappa shape index (κ1) is 17.3. The van der Waals surface area contributed by atoms with E-state index in [9.17, 15) is 4.79 Å². The van der Waals surface area contributed by atoms with E-state index >= 15 is 0 Å². The topological polar surface area (TPSA) is 29.5 Å². The number of methoxy groups -OCH3 is 1. The molecule has 2 aliphatic rings. The number of likely N-dealkylation sites (tertiary alicyclic amines) is 1. The second kappa shape index (κ2) is 7.24. The zero-order valence-electron chi connectivity index (χ0n) is 15.5. The van der Waals surface area contributed by atoms with Crippen molar-refractivity contribution in [1.82, 2.24) is 4.90 Å². The molecule has 2 unspecified atom stereocenters. The number of hydrogen-bond acceptors (Lipinski definition) is 3. The quantitative estimate of drug-likeness (QED) is 0.828. The number of ketones is 1. The number of hydrogen-bond donors (Lipinski definition) is 0. The van der Waals surface area contributed by atoms with Gasteiger partial charge in [0.25, 0.3) is 0 Å². The normalized spacial score (nSPS) is 26.3. The van der Waals surface area contributed by atoms with Gasteiger partial charge in [-0.2, -0.15) is 0 Å². The van der Waals surface area contributed by atoms with Crippen molar-refractivity contribution in [2.75, 3.05) is 20.2 Å². The number of nitrogens with zero attached hydrogens (tertiary/aromatic N) is 1. The maximum atomic E-state index is 12.4. The highest BCUT2D eigenvalue weighted by Crippen LogP contribution is 2.48. The standard InChI is InChI=1S/C23H27NO2/c1-26-22-9-5-8-19(14-22)23-12-13-24(16-18-6-3-2-4-7-18)17-20(23)10-11-21(25)15-23/h2-9,14,20H,10-13,15-17H2,1H3. The Labute approximate surface area is 156 Å². The van der Waals surface area contributed by atoms with E-state index in [-0.39, 0.29) is 5.41 Å². The van der Waals surface area contributed by atoms with Gasteiger partial charge in [0.05, 0.1) is 7.11 Å². The van der Waals surface area contributed by atoms with Gasteiger partial charge in [-0.1, -0.05) is 42.5 Å². The minimum Gasteiger partial charge on any atom is -0.497 e. The summed E-state index contributed by atoms with van der Waals surface area (Å²) in [5, 5.41) is 0. The van der Waals surface area contributed by atoms with Crippen LogP contribution in [0.1, 0.15) is 36.8 Å². The van der Waals surface area contributed by atoms with E-state index in [2.05, 4.69) is 53.4 Å². The summed E-state index contributed by atoms with van der Waals surface area (Å²) in [6.45, 7) is 3.11. The molecule has 2 atom stereocenters. The van der Waals surface area contributed by atoms with Gasteiger partial charge in [0, 0.05) is 31.3 Å². The zero-order chi connectivity index (χ0) is 18.0. The lowest BCUT2D eigenvalue weighted by Crippen LogP contribution is -2.52. The van der Waals surface area contributed by atoms with Crippen molar-refractivity contribution in [3.8, 4) is 5.75 Å². The van der Waals surface area contributed by atoms with Gasteiger partial charge in [0.15, 0.2) is 0 Å². The van der Waals surface area contributed by atoms with Gasteiger partial charge in [-0.05, 0) is 48.6 Å². The van der Waals surface area contributed by atoms with E-state index in [1.54, 1.807) is 7.11 Å². The van der Waals surface area contributed by atoms with Crippen molar-refractivity contribution in [2.45, 2.75) is 37.6 Å². The number of fused-ring (bicyclic) bond motifs is 1. The van der Waals surface area contributed by atoms with Crippen molar-refractivity contribution in [3.05, 3.63) is 65.7 Å². The van der Waals surface area contributed by atoms with E-state index in [0.717, 1.165) is 44.6 Å². The highest BCUT2D eigenvalue weighted by Gasteiger charge is 2.47. The molecule has 1 aliphatic carbocycles. The van der Waals surface area contributed by atoms with Crippen LogP contribution in [0, 0.1) is 5.92 Å². The van der Waals surface area contributed by atoms with Crippen LogP contribution < -0.4 is 4.74 Å². The molecule has 0 bridgehead atoms. The zero-order valence-corrected chi connectivity index (χ0v) is 15.5. The summed E-state index contributed by atoms with van der Waals surface area (Å²) in [6.07, 6.45) is 3.46. The molecule has 3 heteroatoms. The molecular formula is C23H27NO2. The van der Waals surface area contributed by atoms with Gasteiger partial charge in [-0.3, -0.25) is 9.69 Å². The molecule has 26 heavy (non-hydrogen) atoms. The molecular weight excluding hydrogens is 322 g/mol. The molecule has 136 valence electrons. The Balaban J connectivity index is 1.59. The first-order chi connectivity index (χ1) is 12.7. The fourth-order valence-corrected chi connectivity index (χ4v) is 4.92. The van der Waals surface area contributed by atoms with Crippen molar-refractivity contribution in [2.24, 2.45) is 5.92 Å². The second-order valence-electron chi connectivity index (χ2n) is 7.81. The summed E-state index contributed by atoms with van der Waals surface area (Å²) in [6, 6.07) is 19.1. The Morgan fingerprint density at radius 1 is 1.15 bits per heavy atom. The summed E-state index contributed by atoms with van der Waals surface area (Å²) in [7, 11) is 1.71. The second-order valence-corrected chi connectivity index (χ2v) is 7.81. The molecule has 0 amide bonds. The van der Waals surface area contributed by atoms with Crippen LogP contribution in [0.25, 0.3) is 0 Å². The molecule has 0 aromatic heterocycles. The van der Waals surface area contributed by atoms with Crippen LogP contribution in [-0.2, 0) is 16.8 Å². The van der Waals surface area contributed by atoms with Crippen molar-refractivity contribution in [1.29, 1.82) is 0 Å². The first-order valence-corrected chi connectivity index (χ1v) is 9.62. The first-order valence-electron chi connectivity index (χ1n) is 9.62. The number of piperidine rings is 1. The Morgan fingerprint density at radius 3 is 2.81 bits per heavy atom. The maximum absolute atomic E-state index is 12.4. The molecule has 1 saturated heterocycles. The van der Waals surface area contributed by atoms with E-state index in [1.807, 2.05) is 6.07 Å². The van der Waals surface area contributed by atoms with Crippen LogP contribution >= 0.6 is 0 Å². The summed E-state index contributed by atoms with van der Waals surface area (Å²) < 4.78 is 5.45. The Morgan fingerprint density at radius 2 is 2.00 bits per heavy atom. The largest absolute Gasteiger partial charge is 0.497 e. The van der Waals surface area contributed by atoms with Crippen molar-refractivity contribution in [3.63, 3.8) is 0 Å². The van der Waals surface area contributed by atoms with Crippen LogP contribution in [0.15, 0.2) is 54.6 Å². The number of ether oxygens (including phenoxy) is 1. The van der Waals surface area contributed by atoms with Gasteiger partial charge >= 0.3 is 0 Å². The summed E-state index contributed by atoms with van der Waals surface area (Å²) in [4.78, 5) is 14.9. The highest BCUT2D eigenvalue weighted by atomic mass is 16.5. The molecule has 1 saturated carbocycles. The van der Waals surface area contributed by atoms with E-state index in [1.165, 1.54) is 11.1 Å². The molecule has 0 N–H and O–H groups in total. The predicted octanol–water partition coefficient (Wildman–Crippen LogP) is 4.21. The highest BCUT2D eigenvalue weighted by molar-refractivity contribution is 5.81. The molecule has 4 rings (SSSR count). The third kappa shape index (κ3) is 3.28. The van der Waals surface area contributed by atoms with E-state index in [4.69, 9.17) is 4.74 Å². The Bertz CT molecular complexity index is 773. The average molecular weight is 349 g/mol. The number of carbonyl (C=O) groups is 1. The average Bonchev–Trinajstić information content (AvgIpc) is 2.69. The van der Waals surface area contributed by atoms with Gasteiger partial charge in [0.1, 0.15) is 11.5 Å². The lowest BCUT2D eigenvalue weighted by molar-refractivity contribution is -0.125.